The molecule has 0 bridgehead atoms. The molecule has 0 heterocycles. The zero-order chi connectivity index (χ0) is 22.2. The summed E-state index contributed by atoms with van der Waals surface area (Å²) in [5.41, 5.74) is 2.35. The number of carbonyl (C=O) groups excluding carboxylic acids is 1. The van der Waals surface area contributed by atoms with Crippen molar-refractivity contribution in [2.24, 2.45) is 5.92 Å². The number of aliphatic hydroxyl groups excluding tert-OH is 1. The molecule has 5 heteroatoms. The minimum Gasteiger partial charge on any atom is -0.497 e. The van der Waals surface area contributed by atoms with Crippen molar-refractivity contribution in [1.82, 2.24) is 0 Å². The van der Waals surface area contributed by atoms with Crippen molar-refractivity contribution in [2.45, 2.75) is 25.4 Å². The summed E-state index contributed by atoms with van der Waals surface area (Å²) in [6.45, 7) is 2.03. The molecule has 0 spiro atoms. The molecule has 0 radical (unpaired) electrons. The fourth-order valence-corrected chi connectivity index (χ4v) is 3.85. The molecular formula is C26H29NO4. The molecule has 0 saturated carbocycles. The lowest BCUT2D eigenvalue weighted by molar-refractivity contribution is -0.124. The molecule has 3 rings (SSSR count). The van der Waals surface area contributed by atoms with Gasteiger partial charge in [-0.2, -0.15) is 0 Å². The number of carbonyl (C=O) groups is 1. The van der Waals surface area contributed by atoms with Gasteiger partial charge < -0.3 is 19.9 Å². The summed E-state index contributed by atoms with van der Waals surface area (Å²) in [5.74, 6) is 0.345. The number of rotatable bonds is 9. The molecular weight excluding hydrogens is 390 g/mol. The van der Waals surface area contributed by atoms with Crippen molar-refractivity contribution in [3.63, 3.8) is 0 Å². The second kappa shape index (κ2) is 10.6. The van der Waals surface area contributed by atoms with Crippen molar-refractivity contribution in [2.75, 3.05) is 19.5 Å². The third kappa shape index (κ3) is 5.44. The van der Waals surface area contributed by atoms with Gasteiger partial charge in [0.1, 0.15) is 11.5 Å². The van der Waals surface area contributed by atoms with Gasteiger partial charge >= 0.3 is 0 Å². The molecule has 162 valence electrons. The SMILES string of the molecule is CCC(c1ccccc1)[C@@H](C(=O)Nc1ccc(OC)cc1)[C@@H](O)c1ccc(OC)cc1. The van der Waals surface area contributed by atoms with Gasteiger partial charge in [0.2, 0.25) is 5.91 Å². The summed E-state index contributed by atoms with van der Waals surface area (Å²) in [4.78, 5) is 13.5. The maximum atomic E-state index is 13.5. The molecule has 0 aliphatic carbocycles. The first-order valence-corrected chi connectivity index (χ1v) is 10.4. The van der Waals surface area contributed by atoms with Gasteiger partial charge in [-0.3, -0.25) is 4.79 Å². The van der Waals surface area contributed by atoms with E-state index in [9.17, 15) is 9.90 Å². The van der Waals surface area contributed by atoms with Crippen LogP contribution >= 0.6 is 0 Å². The summed E-state index contributed by atoms with van der Waals surface area (Å²) in [6, 6.07) is 24.2. The maximum absolute atomic E-state index is 13.5. The Kier molecular flexibility index (Phi) is 7.68. The maximum Gasteiger partial charge on any atom is 0.231 e. The van der Waals surface area contributed by atoms with Crippen molar-refractivity contribution >= 4 is 11.6 Å². The van der Waals surface area contributed by atoms with Gasteiger partial charge in [0.05, 0.1) is 26.2 Å². The van der Waals surface area contributed by atoms with E-state index in [1.165, 1.54) is 0 Å². The van der Waals surface area contributed by atoms with Gasteiger partial charge in [0, 0.05) is 5.69 Å². The Balaban J connectivity index is 1.94. The molecule has 31 heavy (non-hydrogen) atoms. The lowest BCUT2D eigenvalue weighted by atomic mass is 9.78. The van der Waals surface area contributed by atoms with E-state index in [0.717, 1.165) is 5.56 Å². The lowest BCUT2D eigenvalue weighted by Crippen LogP contribution is -2.33. The van der Waals surface area contributed by atoms with Crippen molar-refractivity contribution in [1.29, 1.82) is 0 Å². The van der Waals surface area contributed by atoms with E-state index in [0.29, 0.717) is 29.2 Å². The zero-order valence-corrected chi connectivity index (χ0v) is 18.1. The number of hydrogen-bond donors (Lipinski definition) is 2. The number of methoxy groups -OCH3 is 2. The summed E-state index contributed by atoms with van der Waals surface area (Å²) < 4.78 is 10.4. The first-order valence-electron chi connectivity index (χ1n) is 10.4. The minimum absolute atomic E-state index is 0.156. The summed E-state index contributed by atoms with van der Waals surface area (Å²) in [7, 11) is 3.19. The van der Waals surface area contributed by atoms with Gasteiger partial charge in [-0.1, -0.05) is 49.4 Å². The molecule has 2 N–H and O–H groups in total. The fraction of sp³-hybridized carbons (Fsp3) is 0.269. The highest BCUT2D eigenvalue weighted by Gasteiger charge is 2.35. The molecule has 1 amide bonds. The van der Waals surface area contributed by atoms with Crippen LogP contribution in [-0.2, 0) is 4.79 Å². The van der Waals surface area contributed by atoms with E-state index in [1.807, 2.05) is 37.3 Å². The van der Waals surface area contributed by atoms with Crippen LogP contribution in [0.2, 0.25) is 0 Å². The predicted molar refractivity (Wildman–Crippen MR) is 123 cm³/mol. The second-order valence-electron chi connectivity index (χ2n) is 7.39. The average Bonchev–Trinajstić information content (AvgIpc) is 2.83. The van der Waals surface area contributed by atoms with Gasteiger partial charge in [0.25, 0.3) is 0 Å². The Labute approximate surface area is 183 Å². The van der Waals surface area contributed by atoms with E-state index in [-0.39, 0.29) is 11.8 Å². The number of nitrogens with one attached hydrogen (secondary N) is 1. The van der Waals surface area contributed by atoms with Crippen molar-refractivity contribution in [3.8, 4) is 11.5 Å². The van der Waals surface area contributed by atoms with E-state index >= 15 is 0 Å². The lowest BCUT2D eigenvalue weighted by Gasteiger charge is -2.30. The molecule has 3 aromatic rings. The quantitative estimate of drug-likeness (QED) is 0.501. The first-order chi connectivity index (χ1) is 15.1. The molecule has 0 aliphatic heterocycles. The van der Waals surface area contributed by atoms with Crippen LogP contribution in [0.15, 0.2) is 78.9 Å². The number of anilines is 1. The number of benzene rings is 3. The van der Waals surface area contributed by atoms with Gasteiger partial charge in [-0.25, -0.2) is 0 Å². The van der Waals surface area contributed by atoms with Crippen LogP contribution in [0.4, 0.5) is 5.69 Å². The largest absolute Gasteiger partial charge is 0.497 e. The Hall–Kier alpha value is -3.31. The molecule has 3 aromatic carbocycles. The summed E-state index contributed by atoms with van der Waals surface area (Å²) in [6.07, 6.45) is -0.271. The monoisotopic (exact) mass is 419 g/mol. The summed E-state index contributed by atoms with van der Waals surface area (Å²) >= 11 is 0. The van der Waals surface area contributed by atoms with Crippen LogP contribution in [0.1, 0.15) is 36.5 Å². The van der Waals surface area contributed by atoms with E-state index in [4.69, 9.17) is 9.47 Å². The van der Waals surface area contributed by atoms with Gasteiger partial charge in [-0.15, -0.1) is 0 Å². The molecule has 5 nitrogen and oxygen atoms in total. The number of ether oxygens (including phenoxy) is 2. The van der Waals surface area contributed by atoms with Gasteiger partial charge in [-0.05, 0) is 59.9 Å². The molecule has 0 saturated heterocycles. The van der Waals surface area contributed by atoms with Crippen LogP contribution in [0.25, 0.3) is 0 Å². The van der Waals surface area contributed by atoms with Crippen molar-refractivity contribution < 1.29 is 19.4 Å². The molecule has 3 atom stereocenters. The highest BCUT2D eigenvalue weighted by Crippen LogP contribution is 2.38. The molecule has 0 fully saturated rings. The second-order valence-corrected chi connectivity index (χ2v) is 7.39. The standard InChI is InChI=1S/C26H29NO4/c1-4-23(18-8-6-5-7-9-18)24(25(28)19-10-14-21(30-2)15-11-19)26(29)27-20-12-16-22(31-3)17-13-20/h5-17,23-25,28H,4H2,1-3H3,(H,27,29)/t23?,24-,25+/m1/s1. The Morgan fingerprint density at radius 1 is 0.839 bits per heavy atom. The van der Waals surface area contributed by atoms with E-state index < -0.39 is 12.0 Å². The predicted octanol–water partition coefficient (Wildman–Crippen LogP) is 5.19. The highest BCUT2D eigenvalue weighted by atomic mass is 16.5. The zero-order valence-electron chi connectivity index (χ0n) is 18.1. The van der Waals surface area contributed by atoms with Gasteiger partial charge in [0.15, 0.2) is 0 Å². The molecule has 1 unspecified atom stereocenters. The first kappa shape index (κ1) is 22.4. The topological polar surface area (TPSA) is 67.8 Å². The number of hydrogen-bond acceptors (Lipinski definition) is 4. The molecule has 0 aromatic heterocycles. The third-order valence-electron chi connectivity index (χ3n) is 5.56. The number of amides is 1. The Morgan fingerprint density at radius 3 is 1.90 bits per heavy atom. The van der Waals surface area contributed by atoms with E-state index in [2.05, 4.69) is 5.32 Å². The fourth-order valence-electron chi connectivity index (χ4n) is 3.85. The highest BCUT2D eigenvalue weighted by molar-refractivity contribution is 5.93. The van der Waals surface area contributed by atoms with Crippen LogP contribution in [0, 0.1) is 5.92 Å². The normalized spacial score (nSPS) is 13.7. The van der Waals surface area contributed by atoms with Crippen LogP contribution < -0.4 is 14.8 Å². The van der Waals surface area contributed by atoms with Crippen LogP contribution in [-0.4, -0.2) is 25.2 Å². The summed E-state index contributed by atoms with van der Waals surface area (Å²) in [5, 5.41) is 14.3. The van der Waals surface area contributed by atoms with Crippen LogP contribution in [0.5, 0.6) is 11.5 Å². The Bertz CT molecular complexity index is 955. The Morgan fingerprint density at radius 2 is 1.39 bits per heavy atom. The smallest absolute Gasteiger partial charge is 0.231 e. The molecule has 0 aliphatic rings. The van der Waals surface area contributed by atoms with Crippen molar-refractivity contribution in [3.05, 3.63) is 90.0 Å². The average molecular weight is 420 g/mol. The van der Waals surface area contributed by atoms with Crippen LogP contribution in [0.3, 0.4) is 0 Å². The van der Waals surface area contributed by atoms with E-state index in [1.54, 1.807) is 62.8 Å². The minimum atomic E-state index is -0.977. The number of aliphatic hydroxyl groups is 1. The third-order valence-corrected chi connectivity index (χ3v) is 5.56.